The van der Waals surface area contributed by atoms with E-state index in [0.717, 1.165) is 42.5 Å². The van der Waals surface area contributed by atoms with Gasteiger partial charge in [0.05, 0.1) is 30.7 Å². The topological polar surface area (TPSA) is 72.3 Å². The summed E-state index contributed by atoms with van der Waals surface area (Å²) in [6.45, 7) is 3.29. The van der Waals surface area contributed by atoms with Crippen LogP contribution in [0.2, 0.25) is 0 Å². The lowest BCUT2D eigenvalue weighted by Gasteiger charge is -2.25. The highest BCUT2D eigenvalue weighted by Gasteiger charge is 2.29. The van der Waals surface area contributed by atoms with Gasteiger partial charge in [0.15, 0.2) is 0 Å². The Morgan fingerprint density at radius 1 is 1.00 bits per heavy atom. The Bertz CT molecular complexity index is 1170. The van der Waals surface area contributed by atoms with Crippen molar-refractivity contribution in [2.45, 2.75) is 56.6 Å². The van der Waals surface area contributed by atoms with E-state index in [1.165, 1.54) is 0 Å². The van der Waals surface area contributed by atoms with Crippen LogP contribution < -0.4 is 0 Å². The lowest BCUT2D eigenvalue weighted by molar-refractivity contribution is -0.135. The highest BCUT2D eigenvalue weighted by molar-refractivity contribution is 7.90. The second-order valence-electron chi connectivity index (χ2n) is 8.68. The molecule has 1 aliphatic carbocycles. The van der Waals surface area contributed by atoms with Crippen LogP contribution >= 0.6 is 0 Å². The van der Waals surface area contributed by atoms with E-state index in [2.05, 4.69) is 4.98 Å². The average Bonchev–Trinajstić information content (AvgIpc) is 3.49. The molecule has 0 bridgehead atoms. The van der Waals surface area contributed by atoms with Gasteiger partial charge in [0.1, 0.15) is 0 Å². The SMILES string of the molecule is CCN(Cc1cnc(S(=O)(=O)Cc2ccccc2)n1Cc1ccccc1)C(=O)C1CCCC1. The molecule has 0 atom stereocenters. The van der Waals surface area contributed by atoms with Crippen LogP contribution in [0.1, 0.15) is 49.4 Å². The van der Waals surface area contributed by atoms with Crippen molar-refractivity contribution in [3.8, 4) is 0 Å². The molecule has 174 valence electrons. The molecule has 4 rings (SSSR count). The van der Waals surface area contributed by atoms with Crippen molar-refractivity contribution in [3.05, 3.63) is 83.7 Å². The first-order valence-electron chi connectivity index (χ1n) is 11.6. The van der Waals surface area contributed by atoms with E-state index in [-0.39, 0.29) is 22.7 Å². The van der Waals surface area contributed by atoms with Crippen molar-refractivity contribution in [1.82, 2.24) is 14.5 Å². The van der Waals surface area contributed by atoms with E-state index in [0.29, 0.717) is 19.6 Å². The summed E-state index contributed by atoms with van der Waals surface area (Å²) in [5.74, 6) is 0.130. The van der Waals surface area contributed by atoms with Crippen molar-refractivity contribution in [2.24, 2.45) is 5.92 Å². The molecule has 1 saturated carbocycles. The van der Waals surface area contributed by atoms with E-state index < -0.39 is 9.84 Å². The number of nitrogens with zero attached hydrogens (tertiary/aromatic N) is 3. The van der Waals surface area contributed by atoms with Gasteiger partial charge in [-0.25, -0.2) is 13.4 Å². The Balaban J connectivity index is 1.66. The molecule has 1 amide bonds. The first-order chi connectivity index (χ1) is 16.0. The Kier molecular flexibility index (Phi) is 7.28. The summed E-state index contributed by atoms with van der Waals surface area (Å²) >= 11 is 0. The summed E-state index contributed by atoms with van der Waals surface area (Å²) in [6, 6.07) is 18.9. The molecule has 1 aliphatic rings. The molecule has 1 fully saturated rings. The zero-order chi connectivity index (χ0) is 23.3. The smallest absolute Gasteiger partial charge is 0.228 e. The molecule has 0 unspecified atom stereocenters. The third-order valence-corrected chi connectivity index (χ3v) is 7.91. The zero-order valence-corrected chi connectivity index (χ0v) is 19.9. The molecule has 6 nitrogen and oxygen atoms in total. The maximum absolute atomic E-state index is 13.4. The van der Waals surface area contributed by atoms with E-state index in [1.807, 2.05) is 72.5 Å². The van der Waals surface area contributed by atoms with Gasteiger partial charge in [-0.05, 0) is 30.9 Å². The van der Waals surface area contributed by atoms with Crippen LogP contribution in [0.4, 0.5) is 0 Å². The maximum Gasteiger partial charge on any atom is 0.228 e. The predicted octanol–water partition coefficient (Wildman–Crippen LogP) is 4.44. The summed E-state index contributed by atoms with van der Waals surface area (Å²) < 4.78 is 28.5. The van der Waals surface area contributed by atoms with Crippen LogP contribution in [0, 0.1) is 5.92 Å². The Morgan fingerprint density at radius 3 is 2.21 bits per heavy atom. The Labute approximate surface area is 196 Å². The summed E-state index contributed by atoms with van der Waals surface area (Å²) in [5, 5.41) is 0.0505. The third-order valence-electron chi connectivity index (χ3n) is 6.31. The quantitative estimate of drug-likeness (QED) is 0.468. The summed E-state index contributed by atoms with van der Waals surface area (Å²) in [4.78, 5) is 19.3. The van der Waals surface area contributed by atoms with Crippen LogP contribution in [-0.4, -0.2) is 35.3 Å². The zero-order valence-electron chi connectivity index (χ0n) is 19.1. The van der Waals surface area contributed by atoms with Crippen LogP contribution in [0.5, 0.6) is 0 Å². The largest absolute Gasteiger partial charge is 0.337 e. The number of hydrogen-bond donors (Lipinski definition) is 0. The van der Waals surface area contributed by atoms with Gasteiger partial charge < -0.3 is 9.47 Å². The van der Waals surface area contributed by atoms with Gasteiger partial charge in [-0.1, -0.05) is 73.5 Å². The minimum atomic E-state index is -3.67. The fourth-order valence-electron chi connectivity index (χ4n) is 4.53. The molecule has 1 heterocycles. The number of rotatable bonds is 9. The monoisotopic (exact) mass is 465 g/mol. The number of carbonyl (C=O) groups is 1. The van der Waals surface area contributed by atoms with Gasteiger partial charge in [-0.2, -0.15) is 0 Å². The van der Waals surface area contributed by atoms with Crippen molar-refractivity contribution < 1.29 is 13.2 Å². The lowest BCUT2D eigenvalue weighted by Crippen LogP contribution is -2.35. The fourth-order valence-corrected chi connectivity index (χ4v) is 6.02. The number of benzene rings is 2. The number of imidazole rings is 1. The van der Waals surface area contributed by atoms with Crippen LogP contribution in [-0.2, 0) is 33.5 Å². The molecular weight excluding hydrogens is 434 g/mol. The van der Waals surface area contributed by atoms with E-state index in [9.17, 15) is 13.2 Å². The minimum absolute atomic E-state index is 0.0505. The van der Waals surface area contributed by atoms with Crippen molar-refractivity contribution in [3.63, 3.8) is 0 Å². The molecule has 7 heteroatoms. The summed E-state index contributed by atoms with van der Waals surface area (Å²) in [5.41, 5.74) is 2.44. The fraction of sp³-hybridized carbons (Fsp3) is 0.385. The van der Waals surface area contributed by atoms with Crippen molar-refractivity contribution in [1.29, 1.82) is 0 Å². The molecule has 2 aromatic carbocycles. The lowest BCUT2D eigenvalue weighted by atomic mass is 10.1. The highest BCUT2D eigenvalue weighted by Crippen LogP contribution is 2.27. The molecular formula is C26H31N3O3S. The predicted molar refractivity (Wildman–Crippen MR) is 128 cm³/mol. The van der Waals surface area contributed by atoms with Crippen molar-refractivity contribution in [2.75, 3.05) is 6.54 Å². The molecule has 0 aliphatic heterocycles. The standard InChI is InChI=1S/C26H31N3O3S/c1-2-28(25(30)23-15-9-10-16-23)19-24-17-27-26(29(24)18-21-11-5-3-6-12-21)33(31,32)20-22-13-7-4-8-14-22/h3-8,11-14,17,23H,2,9-10,15-16,18-20H2,1H3. The number of aromatic nitrogens is 2. The first-order valence-corrected chi connectivity index (χ1v) is 13.3. The molecule has 3 aromatic rings. The van der Waals surface area contributed by atoms with Crippen LogP contribution in [0.15, 0.2) is 72.0 Å². The molecule has 1 aromatic heterocycles. The number of amides is 1. The van der Waals surface area contributed by atoms with E-state index >= 15 is 0 Å². The highest BCUT2D eigenvalue weighted by atomic mass is 32.2. The normalized spacial score (nSPS) is 14.5. The third kappa shape index (κ3) is 5.53. The van der Waals surface area contributed by atoms with Gasteiger partial charge in [-0.15, -0.1) is 0 Å². The number of carbonyl (C=O) groups excluding carboxylic acids is 1. The average molecular weight is 466 g/mol. The molecule has 0 spiro atoms. The summed E-state index contributed by atoms with van der Waals surface area (Å²) in [6.07, 6.45) is 5.69. The van der Waals surface area contributed by atoms with Gasteiger partial charge >= 0.3 is 0 Å². The first kappa shape index (κ1) is 23.2. The Morgan fingerprint density at radius 2 is 1.61 bits per heavy atom. The van der Waals surface area contributed by atoms with Gasteiger partial charge in [0.25, 0.3) is 0 Å². The van der Waals surface area contributed by atoms with Gasteiger partial charge in [-0.3, -0.25) is 4.79 Å². The van der Waals surface area contributed by atoms with Gasteiger partial charge in [0.2, 0.25) is 20.9 Å². The van der Waals surface area contributed by atoms with Crippen LogP contribution in [0.25, 0.3) is 0 Å². The number of hydrogen-bond acceptors (Lipinski definition) is 4. The minimum Gasteiger partial charge on any atom is -0.337 e. The van der Waals surface area contributed by atoms with Crippen LogP contribution in [0.3, 0.4) is 0 Å². The molecule has 0 saturated heterocycles. The summed E-state index contributed by atoms with van der Waals surface area (Å²) in [7, 11) is -3.67. The molecule has 33 heavy (non-hydrogen) atoms. The molecule has 0 radical (unpaired) electrons. The maximum atomic E-state index is 13.4. The van der Waals surface area contributed by atoms with E-state index in [4.69, 9.17) is 0 Å². The van der Waals surface area contributed by atoms with Crippen molar-refractivity contribution >= 4 is 15.7 Å². The van der Waals surface area contributed by atoms with Gasteiger partial charge in [0, 0.05) is 12.5 Å². The Hall–Kier alpha value is -2.93. The number of sulfone groups is 1. The second-order valence-corrected chi connectivity index (χ2v) is 10.6. The van der Waals surface area contributed by atoms with E-state index in [1.54, 1.807) is 10.8 Å². The second kappa shape index (κ2) is 10.3. The molecule has 0 N–H and O–H groups in total.